The number of aryl methyl sites for hydroxylation is 1. The predicted octanol–water partition coefficient (Wildman–Crippen LogP) is 4.79. The first kappa shape index (κ1) is 20.5. The van der Waals surface area contributed by atoms with Crippen molar-refractivity contribution in [2.45, 2.75) is 25.9 Å². The Balaban J connectivity index is 1.69. The first-order chi connectivity index (χ1) is 14.5. The fraction of sp³-hybridized carbons (Fsp3) is 0.174. The van der Waals surface area contributed by atoms with Crippen molar-refractivity contribution in [2.24, 2.45) is 0 Å². The quantitative estimate of drug-likeness (QED) is 0.491. The third-order valence-corrected chi connectivity index (χ3v) is 6.52. The summed E-state index contributed by atoms with van der Waals surface area (Å²) in [5.74, 6) is -0.924. The van der Waals surface area contributed by atoms with Crippen molar-refractivity contribution in [3.63, 3.8) is 0 Å². The van der Waals surface area contributed by atoms with Gasteiger partial charge >= 0.3 is 0 Å². The normalized spacial score (nSPS) is 16.2. The van der Waals surface area contributed by atoms with Crippen LogP contribution in [0, 0.1) is 6.92 Å². The lowest BCUT2D eigenvalue weighted by Crippen LogP contribution is -2.45. The van der Waals surface area contributed by atoms with Crippen molar-refractivity contribution in [1.29, 1.82) is 0 Å². The van der Waals surface area contributed by atoms with Crippen LogP contribution in [0.1, 0.15) is 27.2 Å². The highest BCUT2D eigenvalue weighted by atomic mass is 79.9. The zero-order valence-electron chi connectivity index (χ0n) is 16.2. The van der Waals surface area contributed by atoms with Gasteiger partial charge in [-0.3, -0.25) is 14.4 Å². The third-order valence-electron chi connectivity index (χ3n) is 5.13. The number of hydrogen-bond acceptors (Lipinski definition) is 4. The van der Waals surface area contributed by atoms with Crippen molar-refractivity contribution >= 4 is 50.7 Å². The summed E-state index contributed by atoms with van der Waals surface area (Å²) in [5.41, 5.74) is 1.88. The number of carbonyl (C=O) groups excluding carboxylic acids is 3. The number of carbonyl (C=O) groups is 3. The summed E-state index contributed by atoms with van der Waals surface area (Å²) in [4.78, 5) is 43.2. The second-order valence-corrected chi connectivity index (χ2v) is 9.04. The van der Waals surface area contributed by atoms with Gasteiger partial charge in [0.1, 0.15) is 6.04 Å². The topological polar surface area (TPSA) is 57.7 Å². The van der Waals surface area contributed by atoms with E-state index in [4.69, 9.17) is 0 Å². The molecular formula is C23H19BrN2O3S. The molecule has 2 heterocycles. The number of rotatable bonds is 5. The molecule has 0 N–H and O–H groups in total. The van der Waals surface area contributed by atoms with Gasteiger partial charge in [0.25, 0.3) is 11.8 Å². The zero-order chi connectivity index (χ0) is 21.3. The molecule has 5 nitrogen and oxygen atoms in total. The van der Waals surface area contributed by atoms with Crippen LogP contribution in [0.5, 0.6) is 0 Å². The maximum absolute atomic E-state index is 13.5. The van der Waals surface area contributed by atoms with E-state index in [9.17, 15) is 14.4 Å². The van der Waals surface area contributed by atoms with Crippen LogP contribution in [0.4, 0.5) is 5.69 Å². The zero-order valence-corrected chi connectivity index (χ0v) is 18.7. The Kier molecular flexibility index (Phi) is 5.83. The van der Waals surface area contributed by atoms with Crippen molar-refractivity contribution in [3.8, 4) is 0 Å². The second kappa shape index (κ2) is 8.53. The summed E-state index contributed by atoms with van der Waals surface area (Å²) in [6, 6.07) is 17.3. The SMILES string of the molecule is Cc1ccccc1C(=O)N(Cc1cccs1)C1CC(=O)N(c2ccc(Br)cc2)C1=O. The molecule has 1 saturated heterocycles. The summed E-state index contributed by atoms with van der Waals surface area (Å²) < 4.78 is 0.857. The van der Waals surface area contributed by atoms with Crippen LogP contribution in [0.25, 0.3) is 0 Å². The molecule has 2 aromatic carbocycles. The molecule has 1 atom stereocenters. The van der Waals surface area contributed by atoms with Crippen LogP contribution in [0.15, 0.2) is 70.5 Å². The van der Waals surface area contributed by atoms with E-state index in [-0.39, 0.29) is 30.7 Å². The molecule has 4 rings (SSSR count). The van der Waals surface area contributed by atoms with Gasteiger partial charge in [0.05, 0.1) is 18.7 Å². The van der Waals surface area contributed by atoms with Crippen LogP contribution in [0.2, 0.25) is 0 Å². The summed E-state index contributed by atoms with van der Waals surface area (Å²) in [6.45, 7) is 2.15. The fourth-order valence-corrected chi connectivity index (χ4v) is 4.55. The minimum absolute atomic E-state index is 0.0299. The summed E-state index contributed by atoms with van der Waals surface area (Å²) in [5, 5.41) is 1.93. The second-order valence-electron chi connectivity index (χ2n) is 7.09. The summed E-state index contributed by atoms with van der Waals surface area (Å²) in [7, 11) is 0. The number of thiophene rings is 1. The molecule has 0 bridgehead atoms. The van der Waals surface area contributed by atoms with Crippen molar-refractivity contribution in [3.05, 3.63) is 86.5 Å². The van der Waals surface area contributed by atoms with E-state index in [1.807, 2.05) is 36.6 Å². The average molecular weight is 483 g/mol. The van der Waals surface area contributed by atoms with E-state index in [0.717, 1.165) is 14.9 Å². The Bertz CT molecular complexity index is 1100. The van der Waals surface area contributed by atoms with Gasteiger partial charge in [0.15, 0.2) is 0 Å². The molecule has 152 valence electrons. The number of hydrogen-bond donors (Lipinski definition) is 0. The minimum Gasteiger partial charge on any atom is -0.321 e. The molecule has 1 unspecified atom stereocenters. The van der Waals surface area contributed by atoms with Gasteiger partial charge in [-0.15, -0.1) is 11.3 Å². The molecule has 0 saturated carbocycles. The molecule has 1 aliphatic rings. The first-order valence-corrected chi connectivity index (χ1v) is 11.1. The predicted molar refractivity (Wildman–Crippen MR) is 120 cm³/mol. The molecule has 3 amide bonds. The Labute approximate surface area is 187 Å². The highest BCUT2D eigenvalue weighted by Crippen LogP contribution is 2.29. The molecule has 0 spiro atoms. The third kappa shape index (κ3) is 3.95. The molecule has 0 aliphatic carbocycles. The smallest absolute Gasteiger partial charge is 0.257 e. The van der Waals surface area contributed by atoms with Gasteiger partial charge in [-0.25, -0.2) is 4.90 Å². The van der Waals surface area contributed by atoms with Crippen LogP contribution < -0.4 is 4.90 Å². The highest BCUT2D eigenvalue weighted by Gasteiger charge is 2.44. The lowest BCUT2D eigenvalue weighted by atomic mass is 10.1. The Hall–Kier alpha value is -2.77. The standard InChI is InChI=1S/C23H19BrN2O3S/c1-15-5-2-3-7-19(15)22(28)25(14-18-6-4-12-30-18)20-13-21(27)26(23(20)29)17-10-8-16(24)9-11-17/h2-12,20H,13-14H2,1H3. The lowest BCUT2D eigenvalue weighted by Gasteiger charge is -2.28. The van der Waals surface area contributed by atoms with E-state index in [1.165, 1.54) is 21.1 Å². The fourth-order valence-electron chi connectivity index (χ4n) is 3.58. The molecule has 30 heavy (non-hydrogen) atoms. The van der Waals surface area contributed by atoms with Gasteiger partial charge in [-0.2, -0.15) is 0 Å². The Morgan fingerprint density at radius 1 is 1.10 bits per heavy atom. The number of anilines is 1. The van der Waals surface area contributed by atoms with Crippen LogP contribution in [-0.4, -0.2) is 28.7 Å². The maximum atomic E-state index is 13.5. The van der Waals surface area contributed by atoms with Gasteiger partial charge < -0.3 is 4.90 Å². The van der Waals surface area contributed by atoms with Crippen LogP contribution in [-0.2, 0) is 16.1 Å². The summed E-state index contributed by atoms with van der Waals surface area (Å²) in [6.07, 6.45) is -0.0299. The van der Waals surface area contributed by atoms with Gasteiger partial charge in [0, 0.05) is 14.9 Å². The Morgan fingerprint density at radius 3 is 2.50 bits per heavy atom. The number of nitrogens with zero attached hydrogens (tertiary/aromatic N) is 2. The van der Waals surface area contributed by atoms with E-state index in [2.05, 4.69) is 15.9 Å². The van der Waals surface area contributed by atoms with Crippen molar-refractivity contribution < 1.29 is 14.4 Å². The van der Waals surface area contributed by atoms with Gasteiger partial charge in [-0.1, -0.05) is 40.2 Å². The maximum Gasteiger partial charge on any atom is 0.257 e. The summed E-state index contributed by atoms with van der Waals surface area (Å²) >= 11 is 4.88. The molecule has 1 aliphatic heterocycles. The van der Waals surface area contributed by atoms with Crippen molar-refractivity contribution in [2.75, 3.05) is 4.90 Å². The van der Waals surface area contributed by atoms with Gasteiger partial charge in [-0.05, 0) is 54.3 Å². The van der Waals surface area contributed by atoms with Crippen LogP contribution in [0.3, 0.4) is 0 Å². The number of amides is 3. The Morgan fingerprint density at radius 2 is 1.83 bits per heavy atom. The molecule has 1 aromatic heterocycles. The van der Waals surface area contributed by atoms with E-state index >= 15 is 0 Å². The van der Waals surface area contributed by atoms with Gasteiger partial charge in [0.2, 0.25) is 5.91 Å². The highest BCUT2D eigenvalue weighted by molar-refractivity contribution is 9.10. The molecule has 3 aromatic rings. The largest absolute Gasteiger partial charge is 0.321 e. The molecular weight excluding hydrogens is 464 g/mol. The van der Waals surface area contributed by atoms with E-state index < -0.39 is 6.04 Å². The van der Waals surface area contributed by atoms with Crippen molar-refractivity contribution in [1.82, 2.24) is 4.90 Å². The molecule has 0 radical (unpaired) electrons. The van der Waals surface area contributed by atoms with Crippen LogP contribution >= 0.6 is 27.3 Å². The molecule has 7 heteroatoms. The van der Waals surface area contributed by atoms with E-state index in [1.54, 1.807) is 36.4 Å². The monoisotopic (exact) mass is 482 g/mol. The number of benzene rings is 2. The number of imide groups is 1. The average Bonchev–Trinajstić information content (AvgIpc) is 3.35. The molecule has 1 fully saturated rings. The lowest BCUT2D eigenvalue weighted by molar-refractivity contribution is -0.122. The first-order valence-electron chi connectivity index (χ1n) is 9.47. The minimum atomic E-state index is -0.838. The number of halogens is 1. The van der Waals surface area contributed by atoms with E-state index in [0.29, 0.717) is 11.3 Å².